The van der Waals surface area contributed by atoms with Crippen LogP contribution in [0, 0.1) is 5.82 Å². The zero-order valence-electron chi connectivity index (χ0n) is 10.8. The molecule has 0 fully saturated rings. The Labute approximate surface area is 121 Å². The number of hydrogen-bond acceptors (Lipinski definition) is 4. The summed E-state index contributed by atoms with van der Waals surface area (Å²) in [4.78, 5) is 0. The number of thioether (sulfide) groups is 1. The van der Waals surface area contributed by atoms with Gasteiger partial charge in [0.2, 0.25) is 0 Å². The summed E-state index contributed by atoms with van der Waals surface area (Å²) in [5.74, 6) is -0.568. The van der Waals surface area contributed by atoms with Gasteiger partial charge in [-0.1, -0.05) is 11.8 Å². The van der Waals surface area contributed by atoms with Crippen molar-refractivity contribution in [2.24, 2.45) is 7.05 Å². The van der Waals surface area contributed by atoms with Gasteiger partial charge in [-0.15, -0.1) is 10.2 Å². The van der Waals surface area contributed by atoms with Crippen LogP contribution in [0.5, 0.6) is 0 Å². The third-order valence-electron chi connectivity index (χ3n) is 2.69. The fourth-order valence-electron chi connectivity index (χ4n) is 1.54. The Balaban J connectivity index is 2.12. The maximum Gasteiger partial charge on any atom is 0.415 e. The summed E-state index contributed by atoms with van der Waals surface area (Å²) in [5.41, 5.74) is 0.592. The molecule has 2 rings (SSSR count). The Morgan fingerprint density at radius 2 is 1.86 bits per heavy atom. The van der Waals surface area contributed by atoms with Crippen LogP contribution in [0.2, 0.25) is 0 Å². The number of aromatic nitrogens is 3. The highest BCUT2D eigenvalue weighted by Gasteiger charge is 2.38. The van der Waals surface area contributed by atoms with Gasteiger partial charge in [-0.05, 0) is 24.3 Å². The van der Waals surface area contributed by atoms with E-state index in [9.17, 15) is 17.6 Å². The zero-order valence-corrected chi connectivity index (χ0v) is 11.6. The molecule has 1 N–H and O–H groups in total. The Morgan fingerprint density at radius 3 is 2.43 bits per heavy atom. The summed E-state index contributed by atoms with van der Waals surface area (Å²) < 4.78 is 51.0. The van der Waals surface area contributed by atoms with Crippen LogP contribution in [0.25, 0.3) is 11.4 Å². The van der Waals surface area contributed by atoms with E-state index in [0.717, 1.165) is 11.8 Å². The maximum atomic E-state index is 12.8. The fraction of sp³-hybridized carbons (Fsp3) is 0.333. The lowest BCUT2D eigenvalue weighted by Crippen LogP contribution is -2.30. The molecule has 1 atom stereocenters. The second-order valence-corrected chi connectivity index (χ2v) is 5.23. The molecule has 2 aromatic rings. The Hall–Kier alpha value is -1.61. The molecular formula is C12H11F4N3OS. The molecule has 0 saturated heterocycles. The summed E-state index contributed by atoms with van der Waals surface area (Å²) in [6, 6.07) is 5.51. The van der Waals surface area contributed by atoms with E-state index >= 15 is 0 Å². The van der Waals surface area contributed by atoms with Crippen molar-refractivity contribution in [2.45, 2.75) is 17.4 Å². The highest BCUT2D eigenvalue weighted by atomic mass is 32.2. The van der Waals surface area contributed by atoms with Gasteiger partial charge in [-0.2, -0.15) is 13.2 Å². The minimum atomic E-state index is -4.66. The van der Waals surface area contributed by atoms with Crippen LogP contribution in [-0.2, 0) is 7.05 Å². The molecule has 0 aliphatic heterocycles. The van der Waals surface area contributed by atoms with E-state index in [1.54, 1.807) is 7.05 Å². The third-order valence-corrected chi connectivity index (χ3v) is 3.78. The van der Waals surface area contributed by atoms with Gasteiger partial charge in [-0.3, -0.25) is 0 Å². The van der Waals surface area contributed by atoms with Gasteiger partial charge in [0.15, 0.2) is 17.1 Å². The number of halogens is 4. The molecule has 0 bridgehead atoms. The van der Waals surface area contributed by atoms with E-state index in [1.165, 1.54) is 28.8 Å². The SMILES string of the molecule is Cn1c(SC[C@H](O)C(F)(F)F)nnc1-c1ccc(F)cc1. The minimum absolute atomic E-state index is 0.234. The lowest BCUT2D eigenvalue weighted by molar-refractivity contribution is -0.195. The van der Waals surface area contributed by atoms with E-state index in [0.29, 0.717) is 11.4 Å². The highest BCUT2D eigenvalue weighted by Crippen LogP contribution is 2.27. The van der Waals surface area contributed by atoms with E-state index in [-0.39, 0.29) is 5.16 Å². The standard InChI is InChI=1S/C12H11F4N3OS/c1-19-10(7-2-4-8(13)5-3-7)17-18-11(19)21-6-9(20)12(14,15)16/h2-5,9,20H,6H2,1H3/t9-/m0/s1. The topological polar surface area (TPSA) is 50.9 Å². The number of aliphatic hydroxyl groups is 1. The van der Waals surface area contributed by atoms with E-state index in [2.05, 4.69) is 10.2 Å². The lowest BCUT2D eigenvalue weighted by Gasteiger charge is -2.13. The van der Waals surface area contributed by atoms with Crippen molar-refractivity contribution in [2.75, 3.05) is 5.75 Å². The average molecular weight is 321 g/mol. The van der Waals surface area contributed by atoms with Gasteiger partial charge in [0.05, 0.1) is 0 Å². The molecular weight excluding hydrogens is 310 g/mol. The maximum absolute atomic E-state index is 12.8. The summed E-state index contributed by atoms with van der Waals surface area (Å²) >= 11 is 0.746. The first-order valence-electron chi connectivity index (χ1n) is 5.82. The molecule has 0 aliphatic rings. The molecule has 1 aromatic carbocycles. The van der Waals surface area contributed by atoms with Crippen LogP contribution < -0.4 is 0 Å². The van der Waals surface area contributed by atoms with Crippen LogP contribution in [0.1, 0.15) is 0 Å². The Kier molecular flexibility index (Phi) is 4.52. The van der Waals surface area contributed by atoms with Crippen molar-refractivity contribution < 1.29 is 22.7 Å². The van der Waals surface area contributed by atoms with Crippen LogP contribution in [0.15, 0.2) is 29.4 Å². The zero-order chi connectivity index (χ0) is 15.6. The van der Waals surface area contributed by atoms with Crippen molar-refractivity contribution in [3.63, 3.8) is 0 Å². The first-order valence-corrected chi connectivity index (χ1v) is 6.80. The van der Waals surface area contributed by atoms with Crippen molar-refractivity contribution in [1.82, 2.24) is 14.8 Å². The molecule has 0 aliphatic carbocycles. The molecule has 0 saturated carbocycles. The molecule has 4 nitrogen and oxygen atoms in total. The van der Waals surface area contributed by atoms with Gasteiger partial charge in [0.25, 0.3) is 0 Å². The van der Waals surface area contributed by atoms with Crippen LogP contribution in [-0.4, -0.2) is 37.9 Å². The molecule has 114 valence electrons. The van der Waals surface area contributed by atoms with Gasteiger partial charge < -0.3 is 9.67 Å². The number of alkyl halides is 3. The largest absolute Gasteiger partial charge is 0.415 e. The molecule has 21 heavy (non-hydrogen) atoms. The predicted octanol–water partition coefficient (Wildman–Crippen LogP) is 2.64. The molecule has 0 unspecified atom stereocenters. The van der Waals surface area contributed by atoms with Crippen molar-refractivity contribution in [3.05, 3.63) is 30.1 Å². The van der Waals surface area contributed by atoms with Crippen LogP contribution >= 0.6 is 11.8 Å². The first-order chi connectivity index (χ1) is 9.79. The van der Waals surface area contributed by atoms with E-state index < -0.39 is 23.9 Å². The van der Waals surface area contributed by atoms with Crippen LogP contribution in [0.3, 0.4) is 0 Å². The normalized spacial score (nSPS) is 13.4. The molecule has 1 aromatic heterocycles. The average Bonchev–Trinajstić information content (AvgIpc) is 2.77. The summed E-state index contributed by atoms with van der Waals surface area (Å²) in [6.07, 6.45) is -7.08. The summed E-state index contributed by atoms with van der Waals surface area (Å²) in [6.45, 7) is 0. The highest BCUT2D eigenvalue weighted by molar-refractivity contribution is 7.99. The van der Waals surface area contributed by atoms with Crippen LogP contribution in [0.4, 0.5) is 17.6 Å². The van der Waals surface area contributed by atoms with Crippen molar-refractivity contribution in [3.8, 4) is 11.4 Å². The number of rotatable bonds is 4. The first kappa shape index (κ1) is 15.8. The number of hydrogen-bond donors (Lipinski definition) is 1. The second-order valence-electron chi connectivity index (χ2n) is 4.24. The second kappa shape index (κ2) is 6.02. The lowest BCUT2D eigenvalue weighted by atomic mass is 10.2. The monoisotopic (exact) mass is 321 g/mol. The third kappa shape index (κ3) is 3.73. The molecule has 0 radical (unpaired) electrons. The van der Waals surface area contributed by atoms with E-state index in [4.69, 9.17) is 5.11 Å². The van der Waals surface area contributed by atoms with E-state index in [1.807, 2.05) is 0 Å². The quantitative estimate of drug-likeness (QED) is 0.695. The van der Waals surface area contributed by atoms with Gasteiger partial charge in [0.1, 0.15) is 5.82 Å². The Bertz CT molecular complexity index is 612. The Morgan fingerprint density at radius 1 is 1.24 bits per heavy atom. The van der Waals surface area contributed by atoms with Gasteiger partial charge in [-0.25, -0.2) is 4.39 Å². The molecule has 0 spiro atoms. The number of benzene rings is 1. The van der Waals surface area contributed by atoms with Crippen molar-refractivity contribution in [1.29, 1.82) is 0 Å². The number of aliphatic hydroxyl groups excluding tert-OH is 1. The van der Waals surface area contributed by atoms with Gasteiger partial charge >= 0.3 is 6.18 Å². The minimum Gasteiger partial charge on any atom is -0.383 e. The van der Waals surface area contributed by atoms with Crippen molar-refractivity contribution >= 4 is 11.8 Å². The fourth-order valence-corrected chi connectivity index (χ4v) is 2.41. The molecule has 0 amide bonds. The molecule has 9 heteroatoms. The smallest absolute Gasteiger partial charge is 0.383 e. The summed E-state index contributed by atoms with van der Waals surface area (Å²) in [5, 5.41) is 16.8. The summed E-state index contributed by atoms with van der Waals surface area (Å²) in [7, 11) is 1.58. The van der Waals surface area contributed by atoms with Gasteiger partial charge in [0, 0.05) is 18.4 Å². The molecule has 1 heterocycles. The number of nitrogens with zero attached hydrogens (tertiary/aromatic N) is 3. The predicted molar refractivity (Wildman–Crippen MR) is 69.2 cm³/mol.